The van der Waals surface area contributed by atoms with E-state index in [4.69, 9.17) is 10.6 Å². The molecule has 1 atom stereocenters. The molecule has 7 heteroatoms. The van der Waals surface area contributed by atoms with Gasteiger partial charge in [-0.25, -0.2) is 10.8 Å². The molecule has 1 aromatic rings. The van der Waals surface area contributed by atoms with Gasteiger partial charge in [0.05, 0.1) is 6.61 Å². The average molecular weight is 254 g/mol. The number of hydrogen-bond acceptors (Lipinski definition) is 4. The van der Waals surface area contributed by atoms with Crippen LogP contribution in [-0.4, -0.2) is 42.2 Å². The van der Waals surface area contributed by atoms with Crippen molar-refractivity contribution in [3.63, 3.8) is 0 Å². The molecular weight excluding hydrogens is 232 g/mol. The molecule has 0 aliphatic rings. The first-order valence-electron chi connectivity index (χ1n) is 6.01. The summed E-state index contributed by atoms with van der Waals surface area (Å²) in [5.41, 5.74) is 2.54. The van der Waals surface area contributed by atoms with Crippen molar-refractivity contribution in [2.45, 2.75) is 25.8 Å². The lowest BCUT2D eigenvalue weighted by atomic mass is 10.3. The fraction of sp³-hybridized carbons (Fsp3) is 0.636. The van der Waals surface area contributed by atoms with Crippen LogP contribution in [0.2, 0.25) is 0 Å². The average Bonchev–Trinajstić information content (AvgIpc) is 2.86. The second-order valence-electron chi connectivity index (χ2n) is 4.01. The van der Waals surface area contributed by atoms with Gasteiger partial charge in [0.2, 0.25) is 5.96 Å². The standard InChI is InChI=1S/C11H22N6O/c1-9(8-18-2)16-11(17-12)15-5-3-4-10-13-6-7-14-10/h6-7,9H,3-5,8,12H2,1-2H3,(H,13,14)(H2,15,16,17). The molecule has 0 aliphatic heterocycles. The number of guanidine groups is 1. The van der Waals surface area contributed by atoms with Crippen molar-refractivity contribution in [3.05, 3.63) is 18.2 Å². The number of ether oxygens (including phenoxy) is 1. The Balaban J connectivity index is 2.24. The fourth-order valence-corrected chi connectivity index (χ4v) is 1.53. The summed E-state index contributed by atoms with van der Waals surface area (Å²) in [6.45, 7) is 3.29. The monoisotopic (exact) mass is 254 g/mol. The van der Waals surface area contributed by atoms with E-state index >= 15 is 0 Å². The molecule has 0 aliphatic carbocycles. The molecule has 0 spiro atoms. The van der Waals surface area contributed by atoms with Crippen LogP contribution in [0.4, 0.5) is 0 Å². The lowest BCUT2D eigenvalue weighted by Crippen LogP contribution is -2.46. The van der Waals surface area contributed by atoms with Crippen molar-refractivity contribution in [1.82, 2.24) is 20.7 Å². The van der Waals surface area contributed by atoms with Crippen LogP contribution in [0.3, 0.4) is 0 Å². The Morgan fingerprint density at radius 3 is 3.11 bits per heavy atom. The van der Waals surface area contributed by atoms with E-state index in [0.717, 1.165) is 18.7 Å². The number of aryl methyl sites for hydroxylation is 1. The number of hydrogen-bond donors (Lipinski definition) is 4. The molecule has 1 heterocycles. The Hall–Kier alpha value is -1.60. The number of methoxy groups -OCH3 is 1. The zero-order chi connectivity index (χ0) is 13.2. The molecule has 0 fully saturated rings. The summed E-state index contributed by atoms with van der Waals surface area (Å²) in [6.07, 6.45) is 5.36. The minimum Gasteiger partial charge on any atom is -0.383 e. The lowest BCUT2D eigenvalue weighted by Gasteiger charge is -2.15. The number of rotatable bonds is 7. The highest BCUT2D eigenvalue weighted by atomic mass is 16.5. The number of hydrazine groups is 1. The first kappa shape index (κ1) is 14.5. The van der Waals surface area contributed by atoms with E-state index in [0.29, 0.717) is 19.1 Å². The molecule has 1 unspecified atom stereocenters. The third-order valence-corrected chi connectivity index (χ3v) is 2.33. The smallest absolute Gasteiger partial charge is 0.206 e. The molecule has 0 saturated carbocycles. The van der Waals surface area contributed by atoms with Gasteiger partial charge in [-0.15, -0.1) is 0 Å². The zero-order valence-corrected chi connectivity index (χ0v) is 10.9. The van der Waals surface area contributed by atoms with Crippen molar-refractivity contribution >= 4 is 5.96 Å². The maximum Gasteiger partial charge on any atom is 0.206 e. The highest BCUT2D eigenvalue weighted by Gasteiger charge is 2.03. The first-order valence-corrected chi connectivity index (χ1v) is 6.01. The molecular formula is C11H22N6O. The van der Waals surface area contributed by atoms with Crippen molar-refractivity contribution in [2.75, 3.05) is 20.3 Å². The van der Waals surface area contributed by atoms with E-state index in [9.17, 15) is 0 Å². The fourth-order valence-electron chi connectivity index (χ4n) is 1.53. The molecule has 102 valence electrons. The van der Waals surface area contributed by atoms with Crippen LogP contribution in [0.5, 0.6) is 0 Å². The highest BCUT2D eigenvalue weighted by Crippen LogP contribution is 1.95. The summed E-state index contributed by atoms with van der Waals surface area (Å²) in [7, 11) is 1.66. The molecule has 18 heavy (non-hydrogen) atoms. The third-order valence-electron chi connectivity index (χ3n) is 2.33. The molecule has 7 nitrogen and oxygen atoms in total. The van der Waals surface area contributed by atoms with Gasteiger partial charge in [0.25, 0.3) is 0 Å². The number of nitrogens with zero attached hydrogens (tertiary/aromatic N) is 2. The third kappa shape index (κ3) is 5.65. The minimum atomic E-state index is 0.162. The van der Waals surface area contributed by atoms with Gasteiger partial charge in [-0.05, 0) is 13.3 Å². The largest absolute Gasteiger partial charge is 0.383 e. The lowest BCUT2D eigenvalue weighted by molar-refractivity contribution is 0.179. The van der Waals surface area contributed by atoms with Crippen molar-refractivity contribution < 1.29 is 4.74 Å². The Kier molecular flexibility index (Phi) is 6.82. The first-order chi connectivity index (χ1) is 8.76. The van der Waals surface area contributed by atoms with E-state index in [1.54, 1.807) is 13.3 Å². The van der Waals surface area contributed by atoms with Gasteiger partial charge in [-0.2, -0.15) is 0 Å². The maximum atomic E-state index is 5.39. The minimum absolute atomic E-state index is 0.162. The predicted octanol–water partition coefficient (Wildman–Crippen LogP) is -0.214. The highest BCUT2D eigenvalue weighted by molar-refractivity contribution is 5.79. The number of imidazole rings is 1. The summed E-state index contributed by atoms with van der Waals surface area (Å²) in [6, 6.07) is 0.162. The molecule has 1 rings (SSSR count). The Bertz CT molecular complexity index is 337. The molecule has 0 amide bonds. The maximum absolute atomic E-state index is 5.39. The van der Waals surface area contributed by atoms with Crippen LogP contribution in [0.15, 0.2) is 17.4 Å². The van der Waals surface area contributed by atoms with Crippen LogP contribution in [0.25, 0.3) is 0 Å². The van der Waals surface area contributed by atoms with E-state index < -0.39 is 0 Å². The second-order valence-corrected chi connectivity index (χ2v) is 4.01. The molecule has 0 bridgehead atoms. The van der Waals surface area contributed by atoms with Crippen molar-refractivity contribution in [2.24, 2.45) is 10.8 Å². The van der Waals surface area contributed by atoms with Gasteiger partial charge in [0, 0.05) is 38.5 Å². The Morgan fingerprint density at radius 2 is 2.50 bits per heavy atom. The van der Waals surface area contributed by atoms with Crippen LogP contribution in [0, 0.1) is 0 Å². The van der Waals surface area contributed by atoms with Crippen LogP contribution in [-0.2, 0) is 11.2 Å². The van der Waals surface area contributed by atoms with Gasteiger partial charge in [0.1, 0.15) is 5.82 Å². The Morgan fingerprint density at radius 1 is 1.67 bits per heavy atom. The summed E-state index contributed by atoms with van der Waals surface area (Å²) in [5.74, 6) is 6.95. The van der Waals surface area contributed by atoms with Gasteiger partial charge in [-0.3, -0.25) is 10.4 Å². The molecule has 0 aromatic carbocycles. The normalized spacial score (nSPS) is 13.4. The zero-order valence-electron chi connectivity index (χ0n) is 10.9. The van der Waals surface area contributed by atoms with Crippen LogP contribution >= 0.6 is 0 Å². The number of nitrogens with one attached hydrogen (secondary N) is 3. The number of H-pyrrole nitrogens is 1. The van der Waals surface area contributed by atoms with Gasteiger partial charge >= 0.3 is 0 Å². The summed E-state index contributed by atoms with van der Waals surface area (Å²) >= 11 is 0. The van der Waals surface area contributed by atoms with Gasteiger partial charge in [0.15, 0.2) is 0 Å². The Labute approximate surface area is 107 Å². The number of aromatic nitrogens is 2. The van der Waals surface area contributed by atoms with Crippen molar-refractivity contribution in [3.8, 4) is 0 Å². The molecule has 1 aromatic heterocycles. The summed E-state index contributed by atoms with van der Waals surface area (Å²) in [5, 5.41) is 3.13. The SMILES string of the molecule is COCC(C)NC(=NCCCc1ncc[nH]1)NN. The number of nitrogens with two attached hydrogens (primary N) is 1. The van der Waals surface area contributed by atoms with Crippen LogP contribution in [0.1, 0.15) is 19.2 Å². The van der Waals surface area contributed by atoms with E-state index in [-0.39, 0.29) is 6.04 Å². The topological polar surface area (TPSA) is 100 Å². The van der Waals surface area contributed by atoms with E-state index in [1.807, 2.05) is 13.1 Å². The quantitative estimate of drug-likeness (QED) is 0.177. The van der Waals surface area contributed by atoms with E-state index in [2.05, 4.69) is 25.7 Å². The number of aliphatic imine (C=N–C) groups is 1. The van der Waals surface area contributed by atoms with Gasteiger partial charge in [-0.1, -0.05) is 0 Å². The second kappa shape index (κ2) is 8.48. The van der Waals surface area contributed by atoms with Crippen LogP contribution < -0.4 is 16.6 Å². The van der Waals surface area contributed by atoms with E-state index in [1.165, 1.54) is 0 Å². The number of aromatic amines is 1. The predicted molar refractivity (Wildman–Crippen MR) is 71.0 cm³/mol. The van der Waals surface area contributed by atoms with Gasteiger partial charge < -0.3 is 15.0 Å². The molecule has 0 radical (unpaired) electrons. The summed E-state index contributed by atoms with van der Waals surface area (Å²) in [4.78, 5) is 11.5. The molecule has 0 saturated heterocycles. The molecule has 5 N–H and O–H groups in total. The van der Waals surface area contributed by atoms with Crippen molar-refractivity contribution in [1.29, 1.82) is 0 Å². The summed E-state index contributed by atoms with van der Waals surface area (Å²) < 4.78 is 5.03.